The van der Waals surface area contributed by atoms with Crippen molar-refractivity contribution >= 4 is 52.3 Å². The summed E-state index contributed by atoms with van der Waals surface area (Å²) in [6, 6.07) is 14.1. The van der Waals surface area contributed by atoms with E-state index >= 15 is 0 Å². The predicted molar refractivity (Wildman–Crippen MR) is 117 cm³/mol. The molecule has 2 aromatic carbocycles. The van der Waals surface area contributed by atoms with Gasteiger partial charge in [-0.2, -0.15) is 0 Å². The summed E-state index contributed by atoms with van der Waals surface area (Å²) in [7, 11) is 0. The maximum absolute atomic E-state index is 13.2. The molecule has 0 saturated carbocycles. The van der Waals surface area contributed by atoms with E-state index in [9.17, 15) is 14.4 Å². The number of thioether (sulfide) groups is 1. The van der Waals surface area contributed by atoms with Gasteiger partial charge in [-0.15, -0.1) is 11.8 Å². The van der Waals surface area contributed by atoms with Gasteiger partial charge in [0.25, 0.3) is 0 Å². The van der Waals surface area contributed by atoms with Crippen LogP contribution in [-0.4, -0.2) is 22.6 Å². The number of rotatable bonds is 3. The Balaban J connectivity index is 1.56. The number of aromatic nitrogens is 1. The molecule has 0 radical (unpaired) electrons. The number of hydrogen-bond acceptors (Lipinski definition) is 6. The fraction of sp³-hybridized carbons (Fsp3) is 0.190. The van der Waals surface area contributed by atoms with Gasteiger partial charge in [-0.3, -0.25) is 14.4 Å². The lowest BCUT2D eigenvalue weighted by Gasteiger charge is -2.44. The second-order valence-electron chi connectivity index (χ2n) is 7.24. The first-order valence-electron chi connectivity index (χ1n) is 9.19. The summed E-state index contributed by atoms with van der Waals surface area (Å²) in [4.78, 5) is 41.7. The average molecular weight is 459 g/mol. The number of amides is 1. The second-order valence-corrected chi connectivity index (χ2v) is 9.68. The van der Waals surface area contributed by atoms with E-state index in [-0.39, 0.29) is 17.2 Å². The quantitative estimate of drug-likeness (QED) is 0.452. The summed E-state index contributed by atoms with van der Waals surface area (Å²) in [6.07, 6.45) is -0.0635. The molecule has 0 saturated heterocycles. The van der Waals surface area contributed by atoms with E-state index in [0.29, 0.717) is 22.2 Å². The lowest BCUT2D eigenvalue weighted by Crippen LogP contribution is -2.49. The van der Waals surface area contributed by atoms with Gasteiger partial charge in [0, 0.05) is 39.2 Å². The number of fused-ring (bicyclic) bond motifs is 5. The molecule has 2 aliphatic rings. The highest BCUT2D eigenvalue weighted by Gasteiger charge is 2.57. The van der Waals surface area contributed by atoms with Crippen LogP contribution in [0.15, 0.2) is 58.4 Å². The van der Waals surface area contributed by atoms with Crippen LogP contribution in [0.5, 0.6) is 5.75 Å². The molecule has 2 aliphatic heterocycles. The SMILES string of the molecule is O=C(C[C@]12CSc3[nH]c(=O)sc3[C@@H]1c1ccccc1OC2=O)Nc1ccc(Cl)cc1. The Hall–Kier alpha value is -2.55. The zero-order valence-corrected chi connectivity index (χ0v) is 17.8. The molecule has 30 heavy (non-hydrogen) atoms. The van der Waals surface area contributed by atoms with Crippen LogP contribution >= 0.6 is 34.7 Å². The van der Waals surface area contributed by atoms with Crippen LogP contribution in [-0.2, 0) is 9.59 Å². The fourth-order valence-corrected chi connectivity index (χ4v) is 6.71. The molecule has 1 amide bonds. The largest absolute Gasteiger partial charge is 0.426 e. The third-order valence-corrected chi connectivity index (χ3v) is 7.97. The summed E-state index contributed by atoms with van der Waals surface area (Å²) in [5.41, 5.74) is 0.304. The van der Waals surface area contributed by atoms with Crippen LogP contribution < -0.4 is 14.9 Å². The van der Waals surface area contributed by atoms with Gasteiger partial charge < -0.3 is 15.0 Å². The van der Waals surface area contributed by atoms with E-state index < -0.39 is 17.3 Å². The Kier molecular flexibility index (Phi) is 4.72. The van der Waals surface area contributed by atoms with Crippen molar-refractivity contribution in [3.05, 3.63) is 73.7 Å². The van der Waals surface area contributed by atoms with Gasteiger partial charge in [-0.05, 0) is 30.3 Å². The highest BCUT2D eigenvalue weighted by Crippen LogP contribution is 2.58. The van der Waals surface area contributed by atoms with Crippen LogP contribution in [0.4, 0.5) is 5.69 Å². The van der Waals surface area contributed by atoms with Crippen molar-refractivity contribution in [3.8, 4) is 5.75 Å². The van der Waals surface area contributed by atoms with Crippen LogP contribution in [0, 0.1) is 5.41 Å². The zero-order valence-electron chi connectivity index (χ0n) is 15.4. The molecule has 1 aromatic heterocycles. The number of benzene rings is 2. The molecule has 6 nitrogen and oxygen atoms in total. The molecule has 0 spiro atoms. The maximum Gasteiger partial charge on any atom is 0.319 e. The van der Waals surface area contributed by atoms with Crippen molar-refractivity contribution in [3.63, 3.8) is 0 Å². The van der Waals surface area contributed by atoms with E-state index in [2.05, 4.69) is 10.3 Å². The summed E-state index contributed by atoms with van der Waals surface area (Å²) in [6.45, 7) is 0. The third kappa shape index (κ3) is 3.15. The van der Waals surface area contributed by atoms with Gasteiger partial charge in [0.1, 0.15) is 5.75 Å². The maximum atomic E-state index is 13.2. The predicted octanol–water partition coefficient (Wildman–Crippen LogP) is 4.26. The van der Waals surface area contributed by atoms with Crippen molar-refractivity contribution in [2.24, 2.45) is 5.41 Å². The van der Waals surface area contributed by atoms with Crippen LogP contribution in [0.25, 0.3) is 0 Å². The van der Waals surface area contributed by atoms with Crippen molar-refractivity contribution in [1.29, 1.82) is 0 Å². The molecular weight excluding hydrogens is 444 g/mol. The Morgan fingerprint density at radius 3 is 2.77 bits per heavy atom. The number of nitrogens with one attached hydrogen (secondary N) is 2. The Bertz CT molecular complexity index is 1220. The van der Waals surface area contributed by atoms with Crippen LogP contribution in [0.2, 0.25) is 5.02 Å². The Labute approximate surface area is 184 Å². The van der Waals surface area contributed by atoms with E-state index in [1.54, 1.807) is 36.4 Å². The number of hydrogen-bond donors (Lipinski definition) is 2. The van der Waals surface area contributed by atoms with E-state index in [4.69, 9.17) is 16.3 Å². The van der Waals surface area contributed by atoms with Gasteiger partial charge >= 0.3 is 10.8 Å². The van der Waals surface area contributed by atoms with Crippen molar-refractivity contribution < 1.29 is 14.3 Å². The summed E-state index contributed by atoms with van der Waals surface area (Å²) >= 11 is 8.37. The number of para-hydroxylation sites is 1. The molecule has 152 valence electrons. The number of carbonyl (C=O) groups excluding carboxylic acids is 2. The van der Waals surface area contributed by atoms with Gasteiger partial charge in [0.05, 0.1) is 10.4 Å². The first-order chi connectivity index (χ1) is 14.5. The molecule has 0 aliphatic carbocycles. The van der Waals surface area contributed by atoms with Crippen molar-refractivity contribution in [2.45, 2.75) is 17.4 Å². The monoisotopic (exact) mass is 458 g/mol. The first kappa shape index (κ1) is 19.4. The number of aromatic amines is 1. The molecule has 9 heteroatoms. The highest BCUT2D eigenvalue weighted by molar-refractivity contribution is 7.99. The topological polar surface area (TPSA) is 88.3 Å². The average Bonchev–Trinajstić information content (AvgIpc) is 3.10. The minimum Gasteiger partial charge on any atom is -0.426 e. The molecule has 0 unspecified atom stereocenters. The zero-order chi connectivity index (χ0) is 20.9. The van der Waals surface area contributed by atoms with Crippen molar-refractivity contribution in [1.82, 2.24) is 4.98 Å². The number of carbonyl (C=O) groups is 2. The van der Waals surface area contributed by atoms with E-state index in [0.717, 1.165) is 26.8 Å². The number of halogens is 1. The molecule has 3 aromatic rings. The van der Waals surface area contributed by atoms with Gasteiger partial charge in [0.15, 0.2) is 0 Å². The molecule has 2 N–H and O–H groups in total. The van der Waals surface area contributed by atoms with E-state index in [1.165, 1.54) is 11.8 Å². The van der Waals surface area contributed by atoms with Gasteiger partial charge in [-0.1, -0.05) is 41.1 Å². The smallest absolute Gasteiger partial charge is 0.319 e. The molecule has 3 heterocycles. The summed E-state index contributed by atoms with van der Waals surface area (Å²) in [5, 5.41) is 4.16. The van der Waals surface area contributed by atoms with Gasteiger partial charge in [0.2, 0.25) is 5.91 Å². The molecule has 0 fully saturated rings. The first-order valence-corrected chi connectivity index (χ1v) is 11.4. The molecular formula is C21H15ClN2O4S2. The van der Waals surface area contributed by atoms with Crippen molar-refractivity contribution in [2.75, 3.05) is 11.1 Å². The highest BCUT2D eigenvalue weighted by atomic mass is 35.5. The number of esters is 1. The van der Waals surface area contributed by atoms with Crippen LogP contribution in [0.3, 0.4) is 0 Å². The Morgan fingerprint density at radius 1 is 1.20 bits per heavy atom. The standard InChI is InChI=1S/C21H15ClN2O4S2/c22-11-5-7-12(8-6-11)23-15(25)9-21-10-29-18-17(30-20(27)24-18)16(21)13-3-1-2-4-14(13)28-19(21)26/h1-8,16H,9-10H2,(H,23,25)(H,24,27)/t16-,21-/m0/s1. The van der Waals surface area contributed by atoms with Gasteiger partial charge in [-0.25, -0.2) is 0 Å². The van der Waals surface area contributed by atoms with Crippen LogP contribution in [0.1, 0.15) is 22.8 Å². The third-order valence-electron chi connectivity index (χ3n) is 5.37. The number of thiazole rings is 1. The number of anilines is 1. The summed E-state index contributed by atoms with van der Waals surface area (Å²) in [5.74, 6) is -0.369. The second kappa shape index (κ2) is 7.30. The molecule has 5 rings (SSSR count). The molecule has 0 bridgehead atoms. The lowest BCUT2D eigenvalue weighted by atomic mass is 9.68. The summed E-state index contributed by atoms with van der Waals surface area (Å²) < 4.78 is 5.66. The minimum atomic E-state index is -1.10. The fourth-order valence-electron chi connectivity index (χ4n) is 4.04. The Morgan fingerprint density at radius 2 is 1.97 bits per heavy atom. The molecule has 2 atom stereocenters. The minimum absolute atomic E-state index is 0.0635. The lowest BCUT2D eigenvalue weighted by molar-refractivity contribution is -0.149. The number of H-pyrrole nitrogens is 1. The normalized spacial score (nSPS) is 21.8. The number of ether oxygens (including phenoxy) is 1. The van der Waals surface area contributed by atoms with E-state index in [1.807, 2.05) is 12.1 Å².